The molecule has 0 unspecified atom stereocenters. The van der Waals surface area contributed by atoms with Gasteiger partial charge in [0.15, 0.2) is 5.69 Å². The Labute approximate surface area is 150 Å². The number of rotatable bonds is 3. The van der Waals surface area contributed by atoms with Gasteiger partial charge in [0.2, 0.25) is 0 Å². The van der Waals surface area contributed by atoms with Crippen LogP contribution in [0.1, 0.15) is 5.69 Å². The van der Waals surface area contributed by atoms with Gasteiger partial charge in [-0.25, -0.2) is 9.97 Å². The Morgan fingerprint density at radius 1 is 1.22 bits per heavy atom. The number of hydrogen-bond donors (Lipinski definition) is 1. The third kappa shape index (κ3) is 2.95. The van der Waals surface area contributed by atoms with Gasteiger partial charge in [-0.15, -0.1) is 0 Å². The summed E-state index contributed by atoms with van der Waals surface area (Å²) in [5, 5.41) is 10.3. The molecule has 1 N–H and O–H groups in total. The molecule has 0 spiro atoms. The molecule has 0 aliphatic carbocycles. The van der Waals surface area contributed by atoms with Crippen LogP contribution in [0.5, 0.6) is 5.75 Å². The normalized spacial score (nSPS) is 11.8. The fourth-order valence-corrected chi connectivity index (χ4v) is 3.12. The lowest BCUT2D eigenvalue weighted by atomic mass is 10.1. The monoisotopic (exact) mass is 371 g/mol. The van der Waals surface area contributed by atoms with Crippen molar-refractivity contribution in [3.63, 3.8) is 0 Å². The van der Waals surface area contributed by atoms with Crippen LogP contribution in [-0.4, -0.2) is 32.8 Å². The number of benzene rings is 1. The number of nitriles is 1. The van der Waals surface area contributed by atoms with Crippen LogP contribution in [0.15, 0.2) is 36.8 Å². The van der Waals surface area contributed by atoms with Crippen LogP contribution in [0.3, 0.4) is 0 Å². The number of aromatic amines is 1. The fraction of sp³-hybridized carbons (Fsp3) is 0.167. The zero-order valence-corrected chi connectivity index (χ0v) is 14.0. The third-order valence-electron chi connectivity index (χ3n) is 4.26. The molecule has 9 heteroatoms. The van der Waals surface area contributed by atoms with Gasteiger partial charge in [0, 0.05) is 28.4 Å². The van der Waals surface area contributed by atoms with Crippen LogP contribution in [0.4, 0.5) is 13.2 Å². The van der Waals surface area contributed by atoms with Crippen molar-refractivity contribution < 1.29 is 17.9 Å². The predicted molar refractivity (Wildman–Crippen MR) is 92.1 cm³/mol. The van der Waals surface area contributed by atoms with E-state index in [-0.39, 0.29) is 5.69 Å². The van der Waals surface area contributed by atoms with Crippen LogP contribution < -0.4 is 4.74 Å². The third-order valence-corrected chi connectivity index (χ3v) is 4.26. The van der Waals surface area contributed by atoms with E-state index < -0.39 is 12.7 Å². The van der Waals surface area contributed by atoms with Gasteiger partial charge in [-0.1, -0.05) is 0 Å². The molecular weight excluding hydrogens is 359 g/mol. The standard InChI is InChI=1S/C18H12F3N5O/c1-27-10-2-3-16-11(4-10)13(7-26(16)8-18(19,20)21)14-5-12-15(6-22)23-9-24-17(12)25-14/h2-5,7,9H,8H2,1H3,(H,23,24,25). The lowest BCUT2D eigenvalue weighted by molar-refractivity contribution is -0.139. The van der Waals surface area contributed by atoms with E-state index in [0.29, 0.717) is 38.9 Å². The van der Waals surface area contributed by atoms with Gasteiger partial charge in [0.25, 0.3) is 0 Å². The maximum atomic E-state index is 13.0. The van der Waals surface area contributed by atoms with Crippen molar-refractivity contribution in [3.05, 3.63) is 42.5 Å². The second kappa shape index (κ2) is 6.02. The molecule has 0 amide bonds. The first-order valence-electron chi connectivity index (χ1n) is 7.87. The Morgan fingerprint density at radius 2 is 2.04 bits per heavy atom. The minimum atomic E-state index is -4.36. The smallest absolute Gasteiger partial charge is 0.406 e. The molecule has 0 aliphatic rings. The zero-order chi connectivity index (χ0) is 19.2. The van der Waals surface area contributed by atoms with Gasteiger partial charge >= 0.3 is 6.18 Å². The Balaban J connectivity index is 1.97. The molecule has 0 atom stereocenters. The minimum absolute atomic E-state index is 0.194. The van der Waals surface area contributed by atoms with Crippen molar-refractivity contribution in [1.82, 2.24) is 19.5 Å². The zero-order valence-electron chi connectivity index (χ0n) is 14.0. The van der Waals surface area contributed by atoms with E-state index in [1.165, 1.54) is 19.6 Å². The average Bonchev–Trinajstić information content (AvgIpc) is 3.21. The van der Waals surface area contributed by atoms with E-state index in [0.717, 1.165) is 4.57 Å². The molecule has 4 rings (SSSR count). The fourth-order valence-electron chi connectivity index (χ4n) is 3.12. The van der Waals surface area contributed by atoms with Crippen molar-refractivity contribution in [2.24, 2.45) is 0 Å². The maximum absolute atomic E-state index is 13.0. The summed E-state index contributed by atoms with van der Waals surface area (Å²) in [5.74, 6) is 0.530. The molecule has 136 valence electrons. The molecule has 0 radical (unpaired) electrons. The number of hydrogen-bond acceptors (Lipinski definition) is 4. The van der Waals surface area contributed by atoms with E-state index in [2.05, 4.69) is 15.0 Å². The van der Waals surface area contributed by atoms with Crippen LogP contribution in [-0.2, 0) is 6.54 Å². The largest absolute Gasteiger partial charge is 0.497 e. The number of H-pyrrole nitrogens is 1. The SMILES string of the molecule is COc1ccc2c(c1)c(-c1cc3c(C#N)ncnc3[nH]1)cn2CC(F)(F)F. The summed E-state index contributed by atoms with van der Waals surface area (Å²) in [6.07, 6.45) is -1.66. The van der Waals surface area contributed by atoms with Crippen LogP contribution in [0, 0.1) is 11.3 Å². The first-order chi connectivity index (χ1) is 12.9. The summed E-state index contributed by atoms with van der Waals surface area (Å²) in [6.45, 7) is -1.11. The van der Waals surface area contributed by atoms with Crippen molar-refractivity contribution in [2.75, 3.05) is 7.11 Å². The molecule has 0 aliphatic heterocycles. The quantitative estimate of drug-likeness (QED) is 0.590. The molecule has 0 bridgehead atoms. The molecule has 4 aromatic rings. The van der Waals surface area contributed by atoms with Crippen molar-refractivity contribution in [2.45, 2.75) is 12.7 Å². The summed E-state index contributed by atoms with van der Waals surface area (Å²) in [7, 11) is 1.49. The molecule has 27 heavy (non-hydrogen) atoms. The summed E-state index contributed by atoms with van der Waals surface area (Å²) < 4.78 is 45.3. The lowest BCUT2D eigenvalue weighted by Gasteiger charge is -2.09. The number of alkyl halides is 3. The molecule has 6 nitrogen and oxygen atoms in total. The van der Waals surface area contributed by atoms with Crippen LogP contribution in [0.2, 0.25) is 0 Å². The Bertz CT molecular complexity index is 1200. The second-order valence-electron chi connectivity index (χ2n) is 5.95. The van der Waals surface area contributed by atoms with Gasteiger partial charge in [-0.2, -0.15) is 18.4 Å². The summed E-state index contributed by atoms with van der Waals surface area (Å²) in [6, 6.07) is 8.53. The number of methoxy groups -OCH3 is 1. The second-order valence-corrected chi connectivity index (χ2v) is 5.95. The molecule has 0 saturated carbocycles. The van der Waals surface area contributed by atoms with E-state index in [9.17, 15) is 18.4 Å². The van der Waals surface area contributed by atoms with E-state index in [4.69, 9.17) is 4.74 Å². The Hall–Kier alpha value is -3.54. The number of halogens is 3. The number of nitrogens with zero attached hydrogens (tertiary/aromatic N) is 4. The number of aromatic nitrogens is 4. The lowest BCUT2D eigenvalue weighted by Crippen LogP contribution is -2.16. The molecule has 3 heterocycles. The average molecular weight is 371 g/mol. The highest BCUT2D eigenvalue weighted by Gasteiger charge is 2.29. The van der Waals surface area contributed by atoms with Crippen LogP contribution >= 0.6 is 0 Å². The Morgan fingerprint density at radius 3 is 2.74 bits per heavy atom. The highest BCUT2D eigenvalue weighted by atomic mass is 19.4. The molecule has 3 aromatic heterocycles. The van der Waals surface area contributed by atoms with Gasteiger partial charge in [0.05, 0.1) is 12.5 Å². The first kappa shape index (κ1) is 16.9. The first-order valence-corrected chi connectivity index (χ1v) is 7.87. The van der Waals surface area contributed by atoms with Gasteiger partial charge in [0.1, 0.15) is 30.3 Å². The van der Waals surface area contributed by atoms with Gasteiger partial charge in [-0.3, -0.25) is 0 Å². The molecule has 0 fully saturated rings. The molecule has 0 saturated heterocycles. The van der Waals surface area contributed by atoms with Crippen LogP contribution in [0.25, 0.3) is 33.2 Å². The highest BCUT2D eigenvalue weighted by molar-refractivity contribution is 5.99. The van der Waals surface area contributed by atoms with E-state index in [1.807, 2.05) is 6.07 Å². The van der Waals surface area contributed by atoms with E-state index in [1.54, 1.807) is 24.3 Å². The molecule has 1 aromatic carbocycles. The number of ether oxygens (including phenoxy) is 1. The predicted octanol–water partition coefficient (Wildman–Crippen LogP) is 4.02. The minimum Gasteiger partial charge on any atom is -0.497 e. The summed E-state index contributed by atoms with van der Waals surface area (Å²) >= 11 is 0. The molecular formula is C18H12F3N5O. The van der Waals surface area contributed by atoms with Gasteiger partial charge < -0.3 is 14.3 Å². The highest BCUT2D eigenvalue weighted by Crippen LogP contribution is 2.35. The maximum Gasteiger partial charge on any atom is 0.406 e. The van der Waals surface area contributed by atoms with Crippen molar-refractivity contribution in [1.29, 1.82) is 5.26 Å². The number of fused-ring (bicyclic) bond motifs is 2. The number of nitrogens with one attached hydrogen (secondary N) is 1. The van der Waals surface area contributed by atoms with Crippen molar-refractivity contribution >= 4 is 21.9 Å². The summed E-state index contributed by atoms with van der Waals surface area (Å²) in [4.78, 5) is 11.1. The van der Waals surface area contributed by atoms with E-state index >= 15 is 0 Å². The van der Waals surface area contributed by atoms with Crippen molar-refractivity contribution in [3.8, 4) is 23.1 Å². The topological polar surface area (TPSA) is 79.5 Å². The van der Waals surface area contributed by atoms with Gasteiger partial charge in [-0.05, 0) is 24.3 Å². The summed E-state index contributed by atoms with van der Waals surface area (Å²) in [5.41, 5.74) is 2.15. The Kier molecular flexibility index (Phi) is 3.77.